The molecule has 0 bridgehead atoms. The number of H-pyrrole nitrogens is 1. The quantitative estimate of drug-likeness (QED) is 0.355. The van der Waals surface area contributed by atoms with E-state index < -0.39 is 6.09 Å². The molecule has 0 aliphatic carbocycles. The summed E-state index contributed by atoms with van der Waals surface area (Å²) in [5.41, 5.74) is 2.77. The number of hydrogen-bond acceptors (Lipinski definition) is 5. The van der Waals surface area contributed by atoms with Gasteiger partial charge in [-0.1, -0.05) is 23.4 Å². The Hall–Kier alpha value is -3.49. The zero-order chi connectivity index (χ0) is 21.8. The van der Waals surface area contributed by atoms with Crippen LogP contribution in [0.3, 0.4) is 0 Å². The molecule has 0 radical (unpaired) electrons. The van der Waals surface area contributed by atoms with Gasteiger partial charge in [-0.05, 0) is 66.7 Å². The molecule has 0 fully saturated rings. The lowest BCUT2D eigenvalue weighted by atomic mass is 10.2. The van der Waals surface area contributed by atoms with Crippen LogP contribution in [0, 0.1) is 0 Å². The fourth-order valence-corrected chi connectivity index (χ4v) is 3.79. The van der Waals surface area contributed by atoms with Crippen molar-refractivity contribution in [1.82, 2.24) is 9.97 Å². The summed E-state index contributed by atoms with van der Waals surface area (Å²) in [6.07, 6.45) is -0.586. The fourth-order valence-electron chi connectivity index (χ4n) is 2.81. The number of nitrogens with zero attached hydrogens (tertiary/aromatic N) is 1. The number of benzene rings is 3. The summed E-state index contributed by atoms with van der Waals surface area (Å²) in [6.45, 7) is 0. The summed E-state index contributed by atoms with van der Waals surface area (Å²) in [4.78, 5) is 33.0. The summed E-state index contributed by atoms with van der Waals surface area (Å²) in [6, 6.07) is 20.1. The Kier molecular flexibility index (Phi) is 6.11. The molecule has 4 rings (SSSR count). The average molecular weight is 453 g/mol. The number of amides is 2. The normalized spacial score (nSPS) is 10.6. The van der Waals surface area contributed by atoms with Crippen molar-refractivity contribution in [2.75, 3.05) is 17.7 Å². The van der Waals surface area contributed by atoms with Crippen molar-refractivity contribution in [3.63, 3.8) is 0 Å². The first-order valence-electron chi connectivity index (χ1n) is 9.20. The minimum Gasteiger partial charge on any atom is -0.453 e. The molecule has 3 aromatic carbocycles. The number of carbonyl (C=O) groups is 2. The first-order valence-corrected chi connectivity index (χ1v) is 10.4. The Labute approximate surface area is 187 Å². The summed E-state index contributed by atoms with van der Waals surface area (Å²) in [5.74, 6) is 0.128. The monoisotopic (exact) mass is 452 g/mol. The van der Waals surface area contributed by atoms with Crippen molar-refractivity contribution in [2.24, 2.45) is 0 Å². The second kappa shape index (κ2) is 9.11. The number of carbonyl (C=O) groups excluding carboxylic acids is 2. The molecule has 7 nitrogen and oxygen atoms in total. The van der Waals surface area contributed by atoms with Gasteiger partial charge in [0.2, 0.25) is 5.95 Å². The van der Waals surface area contributed by atoms with Gasteiger partial charge < -0.3 is 15.0 Å². The van der Waals surface area contributed by atoms with Gasteiger partial charge in [-0.25, -0.2) is 9.78 Å². The highest BCUT2D eigenvalue weighted by Crippen LogP contribution is 2.31. The molecule has 31 heavy (non-hydrogen) atoms. The predicted molar refractivity (Wildman–Crippen MR) is 122 cm³/mol. The number of aromatic amines is 1. The van der Waals surface area contributed by atoms with E-state index in [0.29, 0.717) is 22.2 Å². The number of rotatable bonds is 5. The molecule has 0 saturated carbocycles. The largest absolute Gasteiger partial charge is 0.453 e. The van der Waals surface area contributed by atoms with Crippen LogP contribution in [0.5, 0.6) is 0 Å². The molecule has 9 heteroatoms. The Bertz CT molecular complexity index is 1240. The first-order chi connectivity index (χ1) is 15.0. The lowest BCUT2D eigenvalue weighted by Gasteiger charge is -2.07. The lowest BCUT2D eigenvalue weighted by Crippen LogP contribution is -2.11. The van der Waals surface area contributed by atoms with Crippen molar-refractivity contribution in [3.05, 3.63) is 77.3 Å². The molecular formula is C22H17ClN4O3S. The maximum Gasteiger partial charge on any atom is 0.413 e. The van der Waals surface area contributed by atoms with E-state index in [9.17, 15) is 9.59 Å². The first kappa shape index (κ1) is 20.8. The molecule has 0 unspecified atom stereocenters. The maximum atomic E-state index is 12.3. The number of imidazole rings is 1. The van der Waals surface area contributed by atoms with Crippen molar-refractivity contribution in [1.29, 1.82) is 0 Å². The number of nitrogens with one attached hydrogen (secondary N) is 3. The molecule has 0 atom stereocenters. The van der Waals surface area contributed by atoms with Crippen molar-refractivity contribution in [3.8, 4) is 0 Å². The second-order valence-corrected chi connectivity index (χ2v) is 8.05. The molecular weight excluding hydrogens is 436 g/mol. The molecule has 2 amide bonds. The summed E-state index contributed by atoms with van der Waals surface area (Å²) in [7, 11) is 1.29. The summed E-state index contributed by atoms with van der Waals surface area (Å²) < 4.78 is 4.57. The van der Waals surface area contributed by atoms with Gasteiger partial charge >= 0.3 is 6.09 Å². The van der Waals surface area contributed by atoms with E-state index in [-0.39, 0.29) is 5.91 Å². The average Bonchev–Trinajstić information content (AvgIpc) is 3.17. The van der Waals surface area contributed by atoms with Crippen molar-refractivity contribution < 1.29 is 14.3 Å². The van der Waals surface area contributed by atoms with Crippen LogP contribution < -0.4 is 10.6 Å². The number of ether oxygens (including phenoxy) is 1. The van der Waals surface area contributed by atoms with E-state index >= 15 is 0 Å². The van der Waals surface area contributed by atoms with Crippen molar-refractivity contribution in [2.45, 2.75) is 9.79 Å². The van der Waals surface area contributed by atoms with Gasteiger partial charge in [-0.3, -0.25) is 10.1 Å². The molecule has 0 saturated heterocycles. The second-order valence-electron chi connectivity index (χ2n) is 6.47. The number of anilines is 2. The zero-order valence-corrected chi connectivity index (χ0v) is 17.9. The highest BCUT2D eigenvalue weighted by Gasteiger charge is 2.09. The zero-order valence-electron chi connectivity index (χ0n) is 16.3. The summed E-state index contributed by atoms with van der Waals surface area (Å²) >= 11 is 7.43. The number of halogens is 1. The standard InChI is InChI=1S/C22H17ClN4O3S/c1-30-22(29)27-21-25-18-11-10-17(12-19(18)26-21)31-16-8-6-15(7-9-16)24-20(28)13-2-4-14(23)5-3-13/h2-12H,1H3,(H,24,28)(H2,25,26,27,29). The smallest absolute Gasteiger partial charge is 0.413 e. The van der Waals surface area contributed by atoms with E-state index in [1.807, 2.05) is 42.5 Å². The highest BCUT2D eigenvalue weighted by molar-refractivity contribution is 7.99. The van der Waals surface area contributed by atoms with E-state index in [2.05, 4.69) is 25.3 Å². The van der Waals surface area contributed by atoms with Gasteiger partial charge in [-0.15, -0.1) is 0 Å². The van der Waals surface area contributed by atoms with Gasteiger partial charge in [0.15, 0.2) is 0 Å². The van der Waals surface area contributed by atoms with E-state index in [1.54, 1.807) is 36.0 Å². The SMILES string of the molecule is COC(=O)Nc1nc2ccc(Sc3ccc(NC(=O)c4ccc(Cl)cc4)cc3)cc2[nH]1. The number of fused-ring (bicyclic) bond motifs is 1. The number of aromatic nitrogens is 2. The third-order valence-electron chi connectivity index (χ3n) is 4.31. The van der Waals surface area contributed by atoms with Crippen LogP contribution in [-0.4, -0.2) is 29.1 Å². The Morgan fingerprint density at radius 1 is 0.968 bits per heavy atom. The summed E-state index contributed by atoms with van der Waals surface area (Å²) in [5, 5.41) is 5.96. The molecule has 0 aliphatic heterocycles. The number of methoxy groups -OCH3 is 1. The van der Waals surface area contributed by atoms with Crippen molar-refractivity contribution >= 4 is 58.0 Å². The Morgan fingerprint density at radius 2 is 1.68 bits per heavy atom. The molecule has 156 valence electrons. The van der Waals surface area contributed by atoms with Crippen LogP contribution in [0.15, 0.2) is 76.5 Å². The van der Waals surface area contributed by atoms with Gasteiger partial charge in [0.25, 0.3) is 5.91 Å². The van der Waals surface area contributed by atoms with Crippen LogP contribution in [0.4, 0.5) is 16.4 Å². The van der Waals surface area contributed by atoms with Crippen LogP contribution in [0.2, 0.25) is 5.02 Å². The van der Waals surface area contributed by atoms with Gasteiger partial charge in [-0.2, -0.15) is 0 Å². The maximum absolute atomic E-state index is 12.3. The highest BCUT2D eigenvalue weighted by atomic mass is 35.5. The topological polar surface area (TPSA) is 96.1 Å². The molecule has 0 aliphatic rings. The molecule has 1 heterocycles. The Morgan fingerprint density at radius 3 is 2.39 bits per heavy atom. The molecule has 3 N–H and O–H groups in total. The van der Waals surface area contributed by atoms with Gasteiger partial charge in [0.05, 0.1) is 18.1 Å². The molecule has 0 spiro atoms. The van der Waals surface area contributed by atoms with Crippen LogP contribution in [-0.2, 0) is 4.74 Å². The van der Waals surface area contributed by atoms with Crippen LogP contribution in [0.1, 0.15) is 10.4 Å². The fraction of sp³-hybridized carbons (Fsp3) is 0.0455. The van der Waals surface area contributed by atoms with E-state index in [4.69, 9.17) is 11.6 Å². The number of hydrogen-bond donors (Lipinski definition) is 3. The molecule has 1 aromatic heterocycles. The van der Waals surface area contributed by atoms with Crippen LogP contribution >= 0.6 is 23.4 Å². The minimum absolute atomic E-state index is 0.196. The third kappa shape index (κ3) is 5.17. The van der Waals surface area contributed by atoms with Crippen LogP contribution in [0.25, 0.3) is 11.0 Å². The lowest BCUT2D eigenvalue weighted by molar-refractivity contribution is 0.102. The van der Waals surface area contributed by atoms with E-state index in [1.165, 1.54) is 7.11 Å². The predicted octanol–water partition coefficient (Wildman–Crippen LogP) is 5.80. The third-order valence-corrected chi connectivity index (χ3v) is 5.56. The molecule has 4 aromatic rings. The van der Waals surface area contributed by atoms with Gasteiger partial charge in [0, 0.05) is 26.1 Å². The minimum atomic E-state index is -0.586. The Balaban J connectivity index is 1.42. The van der Waals surface area contributed by atoms with E-state index in [0.717, 1.165) is 20.8 Å². The van der Waals surface area contributed by atoms with Gasteiger partial charge in [0.1, 0.15) is 0 Å².